The minimum atomic E-state index is -0.803. The molecule has 7 nitrogen and oxygen atoms in total. The van der Waals surface area contributed by atoms with Gasteiger partial charge in [0.25, 0.3) is 5.91 Å². The number of nitrogens with two attached hydrogens (primary N) is 1. The molecule has 1 unspecified atom stereocenters. The van der Waals surface area contributed by atoms with Crippen LogP contribution < -0.4 is 11.1 Å². The summed E-state index contributed by atoms with van der Waals surface area (Å²) in [7, 11) is 0. The molecular weight excluding hydrogens is 310 g/mol. The van der Waals surface area contributed by atoms with Gasteiger partial charge < -0.3 is 21.1 Å². The normalized spacial score (nSPS) is 17.3. The van der Waals surface area contributed by atoms with Gasteiger partial charge in [-0.15, -0.1) is 0 Å². The van der Waals surface area contributed by atoms with Gasteiger partial charge in [-0.2, -0.15) is 0 Å². The average molecular weight is 333 g/mol. The van der Waals surface area contributed by atoms with Crippen LogP contribution in [-0.4, -0.2) is 47.4 Å². The number of aliphatic carboxylic acids is 1. The number of carbonyl (C=O) groups is 3. The number of hydrogen-bond donors (Lipinski definition) is 3. The van der Waals surface area contributed by atoms with Crippen LogP contribution in [0, 0.1) is 5.92 Å². The van der Waals surface area contributed by atoms with Crippen molar-refractivity contribution in [3.63, 3.8) is 0 Å². The summed E-state index contributed by atoms with van der Waals surface area (Å²) >= 11 is 0. The molecule has 1 heterocycles. The van der Waals surface area contributed by atoms with E-state index in [0.717, 1.165) is 12.8 Å². The van der Waals surface area contributed by atoms with E-state index < -0.39 is 11.9 Å². The molecule has 1 saturated heterocycles. The third-order valence-corrected chi connectivity index (χ3v) is 4.26. The Balaban J connectivity index is 1.88. The molecular formula is C17H23N3O4. The van der Waals surface area contributed by atoms with E-state index >= 15 is 0 Å². The topological polar surface area (TPSA) is 113 Å². The smallest absolute Gasteiger partial charge is 0.303 e. The van der Waals surface area contributed by atoms with Crippen LogP contribution in [0.2, 0.25) is 0 Å². The number of para-hydroxylation sites is 1. The maximum absolute atomic E-state index is 12.4. The molecule has 1 aromatic carbocycles. The molecule has 1 atom stereocenters. The minimum Gasteiger partial charge on any atom is -0.481 e. The Labute approximate surface area is 140 Å². The molecule has 0 saturated carbocycles. The number of primary amides is 1. The van der Waals surface area contributed by atoms with Crippen molar-refractivity contribution >= 4 is 23.5 Å². The fourth-order valence-corrected chi connectivity index (χ4v) is 2.99. The highest BCUT2D eigenvalue weighted by atomic mass is 16.4. The molecule has 0 radical (unpaired) electrons. The minimum absolute atomic E-state index is 0.0608. The zero-order valence-corrected chi connectivity index (χ0v) is 13.5. The highest BCUT2D eigenvalue weighted by molar-refractivity contribution is 5.99. The maximum atomic E-state index is 12.4. The van der Waals surface area contributed by atoms with E-state index in [9.17, 15) is 14.4 Å². The van der Waals surface area contributed by atoms with Crippen LogP contribution in [0.5, 0.6) is 0 Å². The number of carbonyl (C=O) groups excluding carboxylic acids is 2. The van der Waals surface area contributed by atoms with E-state index in [2.05, 4.69) is 5.32 Å². The first-order valence-electron chi connectivity index (χ1n) is 8.09. The zero-order chi connectivity index (χ0) is 17.5. The number of benzene rings is 1. The number of piperidine rings is 1. The van der Waals surface area contributed by atoms with E-state index in [0.29, 0.717) is 30.8 Å². The second-order valence-electron chi connectivity index (χ2n) is 6.04. The van der Waals surface area contributed by atoms with Crippen LogP contribution in [0.1, 0.15) is 36.0 Å². The first-order valence-corrected chi connectivity index (χ1v) is 8.09. The summed E-state index contributed by atoms with van der Waals surface area (Å²) in [6.07, 6.45) is 2.57. The summed E-state index contributed by atoms with van der Waals surface area (Å²) in [4.78, 5) is 36.2. The molecule has 0 aliphatic carbocycles. The van der Waals surface area contributed by atoms with Crippen LogP contribution in [0.25, 0.3) is 0 Å². The van der Waals surface area contributed by atoms with Gasteiger partial charge in [-0.3, -0.25) is 14.4 Å². The summed E-state index contributed by atoms with van der Waals surface area (Å²) in [6, 6.07) is 6.80. The Morgan fingerprint density at radius 1 is 1.29 bits per heavy atom. The van der Waals surface area contributed by atoms with Crippen LogP contribution in [0.15, 0.2) is 24.3 Å². The first kappa shape index (κ1) is 17.8. The molecule has 1 aliphatic rings. The number of carboxylic acid groups (broad SMARTS) is 1. The van der Waals surface area contributed by atoms with Gasteiger partial charge in [-0.1, -0.05) is 12.1 Å². The molecule has 130 valence electrons. The lowest BCUT2D eigenvalue weighted by Gasteiger charge is -2.32. The summed E-state index contributed by atoms with van der Waals surface area (Å²) in [5.74, 6) is -1.17. The second kappa shape index (κ2) is 8.33. The summed E-state index contributed by atoms with van der Waals surface area (Å²) in [5, 5.41) is 11.7. The van der Waals surface area contributed by atoms with Gasteiger partial charge in [0, 0.05) is 25.2 Å². The number of hydrogen-bond acceptors (Lipinski definition) is 4. The molecule has 1 aliphatic heterocycles. The lowest BCUT2D eigenvalue weighted by molar-refractivity contribution is -0.137. The van der Waals surface area contributed by atoms with Crippen LogP contribution in [0.4, 0.5) is 5.69 Å². The van der Waals surface area contributed by atoms with Gasteiger partial charge in [0.15, 0.2) is 0 Å². The van der Waals surface area contributed by atoms with E-state index in [1.54, 1.807) is 29.2 Å². The van der Waals surface area contributed by atoms with Crippen molar-refractivity contribution in [1.82, 2.24) is 4.90 Å². The van der Waals surface area contributed by atoms with Crippen molar-refractivity contribution in [2.24, 2.45) is 11.7 Å². The fourth-order valence-electron chi connectivity index (χ4n) is 2.99. The number of anilines is 1. The quantitative estimate of drug-likeness (QED) is 0.696. The van der Waals surface area contributed by atoms with Gasteiger partial charge in [0.05, 0.1) is 12.1 Å². The lowest BCUT2D eigenvalue weighted by atomic mass is 9.93. The summed E-state index contributed by atoms with van der Waals surface area (Å²) < 4.78 is 0. The second-order valence-corrected chi connectivity index (χ2v) is 6.04. The van der Waals surface area contributed by atoms with Gasteiger partial charge in [-0.25, -0.2) is 0 Å². The highest BCUT2D eigenvalue weighted by Gasteiger charge is 2.24. The molecule has 4 N–H and O–H groups in total. The van der Waals surface area contributed by atoms with Crippen LogP contribution in [0.3, 0.4) is 0 Å². The van der Waals surface area contributed by atoms with Crippen molar-refractivity contribution in [2.75, 3.05) is 25.0 Å². The maximum Gasteiger partial charge on any atom is 0.303 e. The Bertz CT molecular complexity index is 618. The van der Waals surface area contributed by atoms with E-state index in [1.807, 2.05) is 0 Å². The largest absolute Gasteiger partial charge is 0.481 e. The van der Waals surface area contributed by atoms with Crippen molar-refractivity contribution in [1.29, 1.82) is 0 Å². The predicted molar refractivity (Wildman–Crippen MR) is 89.6 cm³/mol. The summed E-state index contributed by atoms with van der Waals surface area (Å²) in [6.45, 7) is 1.35. The van der Waals surface area contributed by atoms with E-state index in [-0.39, 0.29) is 24.8 Å². The zero-order valence-electron chi connectivity index (χ0n) is 13.5. The Kier molecular flexibility index (Phi) is 6.17. The standard InChI is InChI=1S/C17H23N3O4/c18-17(24)13-5-1-2-6-14(13)19-10-15(21)20-9-3-4-12(11-20)7-8-16(22)23/h1-2,5-6,12,19H,3-4,7-11H2,(H2,18,24)(H,22,23). The average Bonchev–Trinajstić information content (AvgIpc) is 2.58. The Morgan fingerprint density at radius 2 is 2.04 bits per heavy atom. The van der Waals surface area contributed by atoms with E-state index in [4.69, 9.17) is 10.8 Å². The number of likely N-dealkylation sites (tertiary alicyclic amines) is 1. The monoisotopic (exact) mass is 333 g/mol. The van der Waals surface area contributed by atoms with Gasteiger partial charge >= 0.3 is 5.97 Å². The number of amides is 2. The highest BCUT2D eigenvalue weighted by Crippen LogP contribution is 2.21. The molecule has 7 heteroatoms. The van der Waals surface area contributed by atoms with Gasteiger partial charge in [0.1, 0.15) is 0 Å². The van der Waals surface area contributed by atoms with E-state index in [1.165, 1.54) is 0 Å². The van der Waals surface area contributed by atoms with Crippen molar-refractivity contribution in [3.8, 4) is 0 Å². The number of nitrogens with one attached hydrogen (secondary N) is 1. The summed E-state index contributed by atoms with van der Waals surface area (Å²) in [5.41, 5.74) is 6.21. The molecule has 24 heavy (non-hydrogen) atoms. The fraction of sp³-hybridized carbons (Fsp3) is 0.471. The van der Waals surface area contributed by atoms with Gasteiger partial charge in [-0.05, 0) is 37.3 Å². The third kappa shape index (κ3) is 4.97. The van der Waals surface area contributed by atoms with Crippen molar-refractivity contribution < 1.29 is 19.5 Å². The molecule has 0 aromatic heterocycles. The number of rotatable bonds is 7. The van der Waals surface area contributed by atoms with Crippen LogP contribution >= 0.6 is 0 Å². The molecule has 1 fully saturated rings. The molecule has 2 amide bonds. The number of carboxylic acids is 1. The molecule has 0 spiro atoms. The number of nitrogens with zero attached hydrogens (tertiary/aromatic N) is 1. The lowest BCUT2D eigenvalue weighted by Crippen LogP contribution is -2.42. The Morgan fingerprint density at radius 3 is 2.75 bits per heavy atom. The van der Waals surface area contributed by atoms with Crippen molar-refractivity contribution in [2.45, 2.75) is 25.7 Å². The molecule has 1 aromatic rings. The first-order chi connectivity index (χ1) is 11.5. The van der Waals surface area contributed by atoms with Crippen LogP contribution in [-0.2, 0) is 9.59 Å². The Hall–Kier alpha value is -2.57. The predicted octanol–water partition coefficient (Wildman–Crippen LogP) is 1.30. The SMILES string of the molecule is NC(=O)c1ccccc1NCC(=O)N1CCCC(CCC(=O)O)C1. The van der Waals surface area contributed by atoms with Gasteiger partial charge in [0.2, 0.25) is 5.91 Å². The molecule has 0 bridgehead atoms. The molecule has 2 rings (SSSR count). The van der Waals surface area contributed by atoms with Crippen molar-refractivity contribution in [3.05, 3.63) is 29.8 Å². The third-order valence-electron chi connectivity index (χ3n) is 4.26.